The quantitative estimate of drug-likeness (QED) is 0.865. The Morgan fingerprint density at radius 2 is 1.67 bits per heavy atom. The molecule has 1 N–H and O–H groups in total. The number of ether oxygens (including phenoxy) is 1. The van der Waals surface area contributed by atoms with E-state index in [0.29, 0.717) is 0 Å². The minimum atomic E-state index is -4.92. The SMILES string of the molecule is COc1ccc(C(NC(=O)CC(F)(F)F)C(F)(F)F)cc1. The Balaban J connectivity index is 2.93. The van der Waals surface area contributed by atoms with Crippen LogP contribution in [0.25, 0.3) is 0 Å². The fourth-order valence-electron chi connectivity index (χ4n) is 1.54. The Morgan fingerprint density at radius 1 is 1.14 bits per heavy atom. The summed E-state index contributed by atoms with van der Waals surface area (Å²) in [6.45, 7) is 0. The highest BCUT2D eigenvalue weighted by Crippen LogP contribution is 2.34. The lowest BCUT2D eigenvalue weighted by molar-refractivity contribution is -0.172. The number of hydrogen-bond donors (Lipinski definition) is 1. The molecule has 118 valence electrons. The van der Waals surface area contributed by atoms with E-state index in [1.165, 1.54) is 24.6 Å². The molecule has 1 amide bonds. The van der Waals surface area contributed by atoms with Crippen LogP contribution >= 0.6 is 0 Å². The van der Waals surface area contributed by atoms with E-state index in [-0.39, 0.29) is 11.3 Å². The third-order valence-corrected chi connectivity index (χ3v) is 2.44. The number of carbonyl (C=O) groups is 1. The van der Waals surface area contributed by atoms with Crippen molar-refractivity contribution >= 4 is 5.91 Å². The Kier molecular flexibility index (Phi) is 5.08. The van der Waals surface area contributed by atoms with Crippen LogP contribution in [-0.4, -0.2) is 25.4 Å². The van der Waals surface area contributed by atoms with Crippen molar-refractivity contribution in [2.75, 3.05) is 7.11 Å². The molecular formula is C12H11F6NO2. The molecule has 1 atom stereocenters. The predicted octanol–water partition coefficient (Wildman–Crippen LogP) is 3.37. The molecule has 1 aromatic rings. The van der Waals surface area contributed by atoms with Gasteiger partial charge in [-0.2, -0.15) is 26.3 Å². The van der Waals surface area contributed by atoms with Crippen molar-refractivity contribution in [2.45, 2.75) is 24.8 Å². The third-order valence-electron chi connectivity index (χ3n) is 2.44. The molecule has 9 heteroatoms. The summed E-state index contributed by atoms with van der Waals surface area (Å²) in [7, 11) is 1.31. The largest absolute Gasteiger partial charge is 0.497 e. The molecule has 1 unspecified atom stereocenters. The molecule has 0 aromatic heterocycles. The molecule has 0 radical (unpaired) electrons. The van der Waals surface area contributed by atoms with E-state index in [9.17, 15) is 31.1 Å². The van der Waals surface area contributed by atoms with Crippen LogP contribution in [0.15, 0.2) is 24.3 Å². The number of halogens is 6. The molecule has 0 heterocycles. The van der Waals surface area contributed by atoms with Crippen LogP contribution in [0.1, 0.15) is 18.0 Å². The van der Waals surface area contributed by atoms with Gasteiger partial charge in [0.05, 0.1) is 7.11 Å². The lowest BCUT2D eigenvalue weighted by atomic mass is 10.1. The molecule has 0 fully saturated rings. The third kappa shape index (κ3) is 5.52. The molecule has 0 bridgehead atoms. The molecule has 3 nitrogen and oxygen atoms in total. The first-order valence-corrected chi connectivity index (χ1v) is 5.59. The maximum atomic E-state index is 12.9. The molecule has 1 aromatic carbocycles. The van der Waals surface area contributed by atoms with Gasteiger partial charge in [0.25, 0.3) is 0 Å². The van der Waals surface area contributed by atoms with Gasteiger partial charge >= 0.3 is 12.4 Å². The highest BCUT2D eigenvalue weighted by molar-refractivity contribution is 5.77. The van der Waals surface area contributed by atoms with Gasteiger partial charge in [-0.05, 0) is 17.7 Å². The Morgan fingerprint density at radius 3 is 2.05 bits per heavy atom. The summed E-state index contributed by atoms with van der Waals surface area (Å²) in [5, 5.41) is 1.34. The van der Waals surface area contributed by atoms with Gasteiger partial charge in [-0.1, -0.05) is 12.1 Å². The van der Waals surface area contributed by atoms with Crippen LogP contribution in [-0.2, 0) is 4.79 Å². The topological polar surface area (TPSA) is 38.3 Å². The minimum absolute atomic E-state index is 0.279. The van der Waals surface area contributed by atoms with Crippen molar-refractivity contribution in [1.29, 1.82) is 0 Å². The summed E-state index contributed by atoms with van der Waals surface area (Å²) in [6.07, 6.45) is -11.8. The second-order valence-corrected chi connectivity index (χ2v) is 4.11. The number of nitrogens with one attached hydrogen (secondary N) is 1. The molecule has 0 aliphatic carbocycles. The van der Waals surface area contributed by atoms with E-state index in [1.807, 2.05) is 0 Å². The van der Waals surface area contributed by atoms with E-state index in [1.54, 1.807) is 0 Å². The van der Waals surface area contributed by atoms with Crippen molar-refractivity contribution in [1.82, 2.24) is 5.32 Å². The van der Waals surface area contributed by atoms with Crippen LogP contribution in [0.3, 0.4) is 0 Å². The minimum Gasteiger partial charge on any atom is -0.497 e. The van der Waals surface area contributed by atoms with Gasteiger partial charge in [-0.25, -0.2) is 0 Å². The zero-order valence-corrected chi connectivity index (χ0v) is 10.7. The van der Waals surface area contributed by atoms with Gasteiger partial charge in [0.1, 0.15) is 12.2 Å². The van der Waals surface area contributed by atoms with Gasteiger partial charge in [0.2, 0.25) is 5.91 Å². The summed E-state index contributed by atoms with van der Waals surface area (Å²) >= 11 is 0. The molecule has 0 saturated carbocycles. The van der Waals surface area contributed by atoms with Gasteiger partial charge < -0.3 is 10.1 Å². The van der Waals surface area contributed by atoms with Crippen molar-refractivity contribution < 1.29 is 35.9 Å². The molecule has 0 aliphatic heterocycles. The Bertz CT molecular complexity index is 480. The summed E-state index contributed by atoms with van der Waals surface area (Å²) < 4.78 is 79.3. The maximum Gasteiger partial charge on any atom is 0.412 e. The van der Waals surface area contributed by atoms with Crippen LogP contribution in [0.2, 0.25) is 0 Å². The van der Waals surface area contributed by atoms with Crippen molar-refractivity contribution in [2.24, 2.45) is 0 Å². The monoisotopic (exact) mass is 315 g/mol. The highest BCUT2D eigenvalue weighted by Gasteiger charge is 2.43. The number of alkyl halides is 6. The van der Waals surface area contributed by atoms with Crippen LogP contribution < -0.4 is 10.1 Å². The smallest absolute Gasteiger partial charge is 0.412 e. The van der Waals surface area contributed by atoms with Crippen molar-refractivity contribution in [3.05, 3.63) is 29.8 Å². The van der Waals surface area contributed by atoms with E-state index < -0.39 is 30.7 Å². The summed E-state index contributed by atoms with van der Waals surface area (Å²) in [5.74, 6) is -1.47. The van der Waals surface area contributed by atoms with E-state index in [2.05, 4.69) is 0 Å². The summed E-state index contributed by atoms with van der Waals surface area (Å²) in [6, 6.07) is 1.95. The normalized spacial score (nSPS) is 13.7. The Hall–Kier alpha value is -1.93. The Labute approximate surface area is 115 Å². The lowest BCUT2D eigenvalue weighted by Gasteiger charge is -2.22. The van der Waals surface area contributed by atoms with Gasteiger partial charge in [0, 0.05) is 0 Å². The number of rotatable bonds is 4. The van der Waals surface area contributed by atoms with E-state index >= 15 is 0 Å². The van der Waals surface area contributed by atoms with E-state index in [4.69, 9.17) is 4.74 Å². The molecule has 0 spiro atoms. The average molecular weight is 315 g/mol. The average Bonchev–Trinajstić information content (AvgIpc) is 2.33. The fourth-order valence-corrected chi connectivity index (χ4v) is 1.54. The molecule has 21 heavy (non-hydrogen) atoms. The lowest BCUT2D eigenvalue weighted by Crippen LogP contribution is -2.39. The maximum absolute atomic E-state index is 12.9. The van der Waals surface area contributed by atoms with Crippen LogP contribution in [0, 0.1) is 0 Å². The van der Waals surface area contributed by atoms with Crippen LogP contribution in [0.5, 0.6) is 5.75 Å². The highest BCUT2D eigenvalue weighted by atomic mass is 19.4. The number of carbonyl (C=O) groups excluding carboxylic acids is 1. The molecular weight excluding hydrogens is 304 g/mol. The van der Waals surface area contributed by atoms with E-state index in [0.717, 1.165) is 12.1 Å². The van der Waals surface area contributed by atoms with Gasteiger partial charge in [-0.3, -0.25) is 4.79 Å². The second kappa shape index (κ2) is 6.23. The zero-order chi connectivity index (χ0) is 16.3. The first-order chi connectivity index (χ1) is 9.53. The number of hydrogen-bond acceptors (Lipinski definition) is 2. The second-order valence-electron chi connectivity index (χ2n) is 4.11. The number of benzene rings is 1. The predicted molar refractivity (Wildman–Crippen MR) is 60.6 cm³/mol. The fraction of sp³-hybridized carbons (Fsp3) is 0.417. The first kappa shape index (κ1) is 17.1. The molecule has 1 rings (SSSR count). The number of amides is 1. The molecule has 0 saturated heterocycles. The number of methoxy groups -OCH3 is 1. The van der Waals surface area contributed by atoms with Gasteiger partial charge in [0.15, 0.2) is 6.04 Å². The van der Waals surface area contributed by atoms with Crippen LogP contribution in [0.4, 0.5) is 26.3 Å². The zero-order valence-electron chi connectivity index (χ0n) is 10.7. The standard InChI is InChI=1S/C12H11F6NO2/c1-21-8-4-2-7(3-5-8)10(12(16,17)18)19-9(20)6-11(13,14)15/h2-5,10H,6H2,1H3,(H,19,20). The summed E-state index contributed by atoms with van der Waals surface area (Å²) in [4.78, 5) is 11.1. The van der Waals surface area contributed by atoms with Crippen molar-refractivity contribution in [3.8, 4) is 5.75 Å². The molecule has 0 aliphatic rings. The van der Waals surface area contributed by atoms with Gasteiger partial charge in [-0.15, -0.1) is 0 Å². The van der Waals surface area contributed by atoms with Crippen molar-refractivity contribution in [3.63, 3.8) is 0 Å². The summed E-state index contributed by atoms with van der Waals surface area (Å²) in [5.41, 5.74) is -0.390. The first-order valence-electron chi connectivity index (χ1n) is 5.59.